The third-order valence-electron chi connectivity index (χ3n) is 0.272. The molecule has 0 amide bonds. The van der Waals surface area contributed by atoms with Crippen molar-refractivity contribution in [3.8, 4) is 0 Å². The number of hydrogen-bond acceptors (Lipinski definition) is 1. The second kappa shape index (κ2) is 6.24. The van der Waals surface area contributed by atoms with E-state index in [0.29, 0.717) is 0 Å². The predicted octanol–water partition coefficient (Wildman–Crippen LogP) is 0.685. The van der Waals surface area contributed by atoms with Gasteiger partial charge in [-0.25, -0.2) is 0 Å². The van der Waals surface area contributed by atoms with E-state index in [-0.39, 0.29) is 57.7 Å². The molecule has 0 unspecified atom stereocenters. The number of carbonyl (C=O) groups is 1. The first kappa shape index (κ1) is 10.3. The number of aldehydes is 1. The van der Waals surface area contributed by atoms with Gasteiger partial charge in [-0.1, -0.05) is 13.8 Å². The van der Waals surface area contributed by atoms with E-state index >= 15 is 0 Å². The van der Waals surface area contributed by atoms with Crippen molar-refractivity contribution in [2.24, 2.45) is 5.92 Å². The Morgan fingerprint density at radius 3 is 1.83 bits per heavy atom. The van der Waals surface area contributed by atoms with E-state index in [1.165, 1.54) is 0 Å². The molecule has 0 fully saturated rings. The Morgan fingerprint density at radius 1 is 1.67 bits per heavy atom. The second-order valence-corrected chi connectivity index (χ2v) is 1.38. The summed E-state index contributed by atoms with van der Waals surface area (Å²) in [4.78, 5) is 9.50. The molecule has 0 saturated carbocycles. The van der Waals surface area contributed by atoms with Crippen LogP contribution in [0.25, 0.3) is 0 Å². The van der Waals surface area contributed by atoms with Crippen LogP contribution in [-0.2, 0) is 4.79 Å². The van der Waals surface area contributed by atoms with Gasteiger partial charge in [0.25, 0.3) is 0 Å². The molecule has 0 N–H and O–H groups in total. The van der Waals surface area contributed by atoms with Crippen LogP contribution in [0.5, 0.6) is 0 Å². The zero-order valence-corrected chi connectivity index (χ0v) is 8.71. The molecule has 34 valence electrons. The quantitative estimate of drug-likeness (QED) is 0.461. The summed E-state index contributed by atoms with van der Waals surface area (Å²) in [6.45, 7) is 3.71. The van der Waals surface area contributed by atoms with Gasteiger partial charge in [-0.15, -0.1) is 0 Å². The van der Waals surface area contributed by atoms with Crippen LogP contribution in [0.4, 0.5) is 0 Å². The van der Waals surface area contributed by atoms with Gasteiger partial charge in [-0.05, 0) is 0 Å². The normalized spacial score (nSPS) is 7.17. The van der Waals surface area contributed by atoms with Crippen LogP contribution in [-0.4, -0.2) is 55.2 Å². The molecule has 0 aromatic heterocycles. The van der Waals surface area contributed by atoms with E-state index in [1.54, 1.807) is 0 Å². The molecule has 0 atom stereocenters. The van der Waals surface area contributed by atoms with Gasteiger partial charge in [0, 0.05) is 5.92 Å². The van der Waals surface area contributed by atoms with Crippen LogP contribution in [0.1, 0.15) is 16.7 Å². The van der Waals surface area contributed by atoms with Gasteiger partial charge in [0.1, 0.15) is 6.29 Å². The molecule has 0 radical (unpaired) electrons. The second-order valence-electron chi connectivity index (χ2n) is 1.38. The van der Waals surface area contributed by atoms with Crippen LogP contribution in [0.3, 0.4) is 0 Å². The maximum atomic E-state index is 9.50. The fourth-order valence-electron chi connectivity index (χ4n) is 0. The van der Waals surface area contributed by atoms with Gasteiger partial charge in [-0.3, -0.25) is 0 Å². The molecule has 0 saturated heterocycles. The molecule has 2 heteroatoms. The first-order valence-electron chi connectivity index (χ1n) is 1.72. The maximum absolute atomic E-state index is 9.50. The first-order chi connectivity index (χ1) is 2.27. The predicted molar refractivity (Wildman–Crippen MR) is 28.9 cm³/mol. The van der Waals surface area contributed by atoms with Crippen LogP contribution in [0.15, 0.2) is 0 Å². The molecular formula is C4H10BaO. The van der Waals surface area contributed by atoms with Gasteiger partial charge in [0.05, 0.1) is 0 Å². The number of rotatable bonds is 1. The monoisotopic (exact) mass is 212 g/mol. The molecule has 0 rings (SSSR count). The zero-order valence-electron chi connectivity index (χ0n) is 6.27. The minimum Gasteiger partial charge on any atom is -1.00 e. The van der Waals surface area contributed by atoms with E-state index < -0.39 is 0 Å². The Morgan fingerprint density at radius 2 is 1.83 bits per heavy atom. The molecule has 0 spiro atoms. The van der Waals surface area contributed by atoms with Crippen molar-refractivity contribution in [3.63, 3.8) is 0 Å². The topological polar surface area (TPSA) is 17.1 Å². The summed E-state index contributed by atoms with van der Waals surface area (Å²) in [7, 11) is 0. The fourth-order valence-corrected chi connectivity index (χ4v) is 0. The summed E-state index contributed by atoms with van der Waals surface area (Å²) in [5.74, 6) is 0.204. The summed E-state index contributed by atoms with van der Waals surface area (Å²) in [6, 6.07) is 0. The SMILES string of the molecule is CC(C)C=O.[Ba+2].[H-].[H-]. The first-order valence-corrected chi connectivity index (χ1v) is 1.72. The van der Waals surface area contributed by atoms with Gasteiger partial charge >= 0.3 is 48.9 Å². The molecule has 0 bridgehead atoms. The smallest absolute Gasteiger partial charge is 1.00 e. The van der Waals surface area contributed by atoms with Gasteiger partial charge in [-0.2, -0.15) is 0 Å². The standard InChI is InChI=1S/C4H8O.Ba.2H/c1-4(2)3-5;;;/h3-4H,1-2H3;;;/q;+2;2*-1. The average Bonchev–Trinajstić information content (AvgIpc) is 1.38. The Bertz CT molecular complexity index is 41.0. The van der Waals surface area contributed by atoms with E-state index in [0.717, 1.165) is 6.29 Å². The van der Waals surface area contributed by atoms with Crippen LogP contribution >= 0.6 is 0 Å². The third-order valence-corrected chi connectivity index (χ3v) is 0.272. The fraction of sp³-hybridized carbons (Fsp3) is 0.750. The number of hydrogen-bond donors (Lipinski definition) is 0. The van der Waals surface area contributed by atoms with E-state index in [9.17, 15) is 4.79 Å². The van der Waals surface area contributed by atoms with Crippen LogP contribution < -0.4 is 0 Å². The van der Waals surface area contributed by atoms with Gasteiger partial charge in [0.2, 0.25) is 0 Å². The molecule has 0 aliphatic rings. The van der Waals surface area contributed by atoms with Gasteiger partial charge < -0.3 is 7.65 Å². The molecular weight excluding hydrogens is 201 g/mol. The van der Waals surface area contributed by atoms with Crippen molar-refractivity contribution in [1.29, 1.82) is 0 Å². The van der Waals surface area contributed by atoms with Crippen molar-refractivity contribution >= 4 is 55.2 Å². The summed E-state index contributed by atoms with van der Waals surface area (Å²) in [5, 5.41) is 0. The summed E-state index contributed by atoms with van der Waals surface area (Å²) in [6.07, 6.45) is 0.917. The van der Waals surface area contributed by atoms with Crippen LogP contribution in [0.2, 0.25) is 0 Å². The molecule has 0 aromatic rings. The van der Waals surface area contributed by atoms with Crippen molar-refractivity contribution in [2.75, 3.05) is 0 Å². The van der Waals surface area contributed by atoms with E-state index in [1.807, 2.05) is 13.8 Å². The molecule has 0 heterocycles. The van der Waals surface area contributed by atoms with Crippen molar-refractivity contribution < 1.29 is 7.65 Å². The van der Waals surface area contributed by atoms with Crippen molar-refractivity contribution in [1.82, 2.24) is 0 Å². The average molecular weight is 211 g/mol. The molecule has 0 aliphatic heterocycles. The molecule has 6 heavy (non-hydrogen) atoms. The number of carbonyl (C=O) groups excluding carboxylic acids is 1. The summed E-state index contributed by atoms with van der Waals surface area (Å²) < 4.78 is 0. The Balaban J connectivity index is -0.0000000267. The van der Waals surface area contributed by atoms with Crippen molar-refractivity contribution in [2.45, 2.75) is 13.8 Å². The Hall–Kier alpha value is 1.24. The van der Waals surface area contributed by atoms with Gasteiger partial charge in [0.15, 0.2) is 0 Å². The van der Waals surface area contributed by atoms with Crippen molar-refractivity contribution in [3.05, 3.63) is 0 Å². The Kier molecular flexibility index (Phi) is 10.7. The summed E-state index contributed by atoms with van der Waals surface area (Å²) in [5.41, 5.74) is 0. The van der Waals surface area contributed by atoms with E-state index in [2.05, 4.69) is 0 Å². The molecule has 1 nitrogen and oxygen atoms in total. The molecule has 0 aromatic carbocycles. The summed E-state index contributed by atoms with van der Waals surface area (Å²) >= 11 is 0. The minimum absolute atomic E-state index is 0. The maximum Gasteiger partial charge on any atom is 2.00 e. The minimum atomic E-state index is 0. The largest absolute Gasteiger partial charge is 2.00 e. The third kappa shape index (κ3) is 8.97. The van der Waals surface area contributed by atoms with Crippen LogP contribution in [0, 0.1) is 5.92 Å². The van der Waals surface area contributed by atoms with E-state index in [4.69, 9.17) is 0 Å². The molecule has 0 aliphatic carbocycles. The zero-order chi connectivity index (χ0) is 4.28. The Labute approximate surface area is 81.5 Å².